The molecule has 0 atom stereocenters. The van der Waals surface area contributed by atoms with Crippen LogP contribution in [0.25, 0.3) is 10.9 Å². The Balaban J connectivity index is 1.21. The van der Waals surface area contributed by atoms with Gasteiger partial charge in [0, 0.05) is 32.6 Å². The molecule has 2 aromatic carbocycles. The second kappa shape index (κ2) is 8.60. The summed E-state index contributed by atoms with van der Waals surface area (Å²) in [5, 5.41) is 0.672. The van der Waals surface area contributed by atoms with E-state index in [2.05, 4.69) is 29.2 Å². The first-order valence-electron chi connectivity index (χ1n) is 11.2. The molecule has 0 fully saturated rings. The van der Waals surface area contributed by atoms with Crippen LogP contribution in [0.3, 0.4) is 0 Å². The lowest BCUT2D eigenvalue weighted by molar-refractivity contribution is 0.221. The predicted molar refractivity (Wildman–Crippen MR) is 119 cm³/mol. The maximum atomic E-state index is 13.0. The van der Waals surface area contributed by atoms with Crippen LogP contribution in [0.2, 0.25) is 0 Å². The highest BCUT2D eigenvalue weighted by Crippen LogP contribution is 2.21. The first-order valence-corrected chi connectivity index (χ1v) is 11.2. The molecule has 1 aromatic heterocycles. The minimum absolute atomic E-state index is 0.0781. The summed E-state index contributed by atoms with van der Waals surface area (Å²) in [6.45, 7) is 4.60. The van der Waals surface area contributed by atoms with Crippen LogP contribution in [0.15, 0.2) is 47.3 Å². The van der Waals surface area contributed by atoms with E-state index in [0.29, 0.717) is 12.0 Å². The highest BCUT2D eigenvalue weighted by molar-refractivity contribution is 5.79. The summed E-state index contributed by atoms with van der Waals surface area (Å²) in [4.78, 5) is 20.2. The van der Waals surface area contributed by atoms with Crippen molar-refractivity contribution in [1.29, 1.82) is 0 Å². The highest BCUT2D eigenvalue weighted by atomic mass is 16.5. The largest absolute Gasteiger partial charge is 0.494 e. The van der Waals surface area contributed by atoms with Crippen molar-refractivity contribution in [3.63, 3.8) is 0 Å². The van der Waals surface area contributed by atoms with Gasteiger partial charge in [-0.25, -0.2) is 4.98 Å². The number of fused-ring (bicyclic) bond motifs is 3. The molecule has 0 saturated heterocycles. The average Bonchev–Trinajstić information content (AvgIpc) is 3.03. The zero-order valence-electron chi connectivity index (χ0n) is 17.5. The molecule has 156 valence electrons. The van der Waals surface area contributed by atoms with Gasteiger partial charge in [0.2, 0.25) is 0 Å². The maximum absolute atomic E-state index is 13.0. The van der Waals surface area contributed by atoms with Gasteiger partial charge in [-0.1, -0.05) is 30.7 Å². The van der Waals surface area contributed by atoms with E-state index in [0.717, 1.165) is 81.8 Å². The van der Waals surface area contributed by atoms with Crippen LogP contribution in [-0.2, 0) is 25.9 Å². The standard InChI is InChI=1S/C25H29N3O2/c29-25-22-17-21(10-11-23(22)26-24-9-2-1-5-14-28(24)25)30-16-6-13-27-15-12-19-7-3-4-8-20(19)18-27/h3-4,7-8,10-11,17H,1-2,5-6,9,12-16,18H2. The van der Waals surface area contributed by atoms with Crippen molar-refractivity contribution in [2.45, 2.75) is 51.6 Å². The second-order valence-electron chi connectivity index (χ2n) is 8.47. The summed E-state index contributed by atoms with van der Waals surface area (Å²) in [6.07, 6.45) is 6.32. The number of benzene rings is 2. The molecule has 3 heterocycles. The van der Waals surface area contributed by atoms with Gasteiger partial charge >= 0.3 is 0 Å². The monoisotopic (exact) mass is 403 g/mol. The Labute approximate surface area is 177 Å². The third-order valence-corrected chi connectivity index (χ3v) is 6.38. The van der Waals surface area contributed by atoms with Gasteiger partial charge in [0.05, 0.1) is 17.5 Å². The molecule has 2 aliphatic heterocycles. The molecule has 0 amide bonds. The van der Waals surface area contributed by atoms with Crippen molar-refractivity contribution < 1.29 is 4.74 Å². The lowest BCUT2D eigenvalue weighted by Gasteiger charge is -2.28. The fraction of sp³-hybridized carbons (Fsp3) is 0.440. The first-order chi connectivity index (χ1) is 14.8. The summed E-state index contributed by atoms with van der Waals surface area (Å²) >= 11 is 0. The van der Waals surface area contributed by atoms with Gasteiger partial charge in [-0.05, 0) is 55.0 Å². The Morgan fingerprint density at radius 1 is 0.967 bits per heavy atom. The van der Waals surface area contributed by atoms with E-state index in [-0.39, 0.29) is 5.56 Å². The summed E-state index contributed by atoms with van der Waals surface area (Å²) in [7, 11) is 0. The summed E-state index contributed by atoms with van der Waals surface area (Å²) in [5.74, 6) is 1.70. The molecule has 0 unspecified atom stereocenters. The van der Waals surface area contributed by atoms with Crippen LogP contribution >= 0.6 is 0 Å². The topological polar surface area (TPSA) is 47.4 Å². The summed E-state index contributed by atoms with van der Waals surface area (Å²) in [6, 6.07) is 14.5. The third kappa shape index (κ3) is 3.99. The van der Waals surface area contributed by atoms with Gasteiger partial charge in [0.25, 0.3) is 5.56 Å². The van der Waals surface area contributed by atoms with Gasteiger partial charge in [0.15, 0.2) is 0 Å². The molecule has 0 saturated carbocycles. The molecule has 0 N–H and O–H groups in total. The molecule has 0 radical (unpaired) electrons. The van der Waals surface area contributed by atoms with Crippen molar-refractivity contribution in [3.8, 4) is 5.75 Å². The first kappa shape index (κ1) is 19.3. The van der Waals surface area contributed by atoms with Crippen LogP contribution in [-0.4, -0.2) is 34.1 Å². The number of hydrogen-bond donors (Lipinski definition) is 0. The Hall–Kier alpha value is -2.66. The average molecular weight is 404 g/mol. The van der Waals surface area contributed by atoms with Crippen LogP contribution < -0.4 is 10.3 Å². The molecular weight excluding hydrogens is 374 g/mol. The van der Waals surface area contributed by atoms with Crippen molar-refractivity contribution >= 4 is 10.9 Å². The number of aromatic nitrogens is 2. The smallest absolute Gasteiger partial charge is 0.261 e. The molecule has 30 heavy (non-hydrogen) atoms. The molecule has 5 rings (SSSR count). The normalized spacial score (nSPS) is 16.7. The Kier molecular flexibility index (Phi) is 5.54. The molecular formula is C25H29N3O2. The molecule has 5 heteroatoms. The van der Waals surface area contributed by atoms with Crippen molar-refractivity contribution in [2.24, 2.45) is 0 Å². The van der Waals surface area contributed by atoms with E-state index >= 15 is 0 Å². The summed E-state index contributed by atoms with van der Waals surface area (Å²) < 4.78 is 7.86. The van der Waals surface area contributed by atoms with Crippen LogP contribution in [0.4, 0.5) is 0 Å². The minimum Gasteiger partial charge on any atom is -0.494 e. The number of rotatable bonds is 5. The fourth-order valence-electron chi connectivity index (χ4n) is 4.71. The van der Waals surface area contributed by atoms with Crippen LogP contribution in [0.1, 0.15) is 42.6 Å². The molecule has 5 nitrogen and oxygen atoms in total. The summed E-state index contributed by atoms with van der Waals surface area (Å²) in [5.41, 5.74) is 3.80. The quantitative estimate of drug-likeness (QED) is 0.605. The molecule has 0 aliphatic carbocycles. The van der Waals surface area contributed by atoms with Gasteiger partial charge in [-0.15, -0.1) is 0 Å². The van der Waals surface area contributed by atoms with E-state index < -0.39 is 0 Å². The van der Waals surface area contributed by atoms with Gasteiger partial charge < -0.3 is 4.74 Å². The van der Waals surface area contributed by atoms with Crippen molar-refractivity contribution in [2.75, 3.05) is 19.7 Å². The number of ether oxygens (including phenoxy) is 1. The zero-order chi connectivity index (χ0) is 20.3. The lowest BCUT2D eigenvalue weighted by Crippen LogP contribution is -2.32. The lowest BCUT2D eigenvalue weighted by atomic mass is 10.00. The van der Waals surface area contributed by atoms with E-state index in [1.54, 1.807) is 0 Å². The van der Waals surface area contributed by atoms with E-state index in [1.807, 2.05) is 22.8 Å². The minimum atomic E-state index is 0.0781. The molecule has 3 aromatic rings. The number of hydrogen-bond acceptors (Lipinski definition) is 4. The van der Waals surface area contributed by atoms with E-state index in [9.17, 15) is 4.79 Å². The van der Waals surface area contributed by atoms with Gasteiger partial charge in [-0.3, -0.25) is 14.3 Å². The maximum Gasteiger partial charge on any atom is 0.261 e. The van der Waals surface area contributed by atoms with E-state index in [4.69, 9.17) is 9.72 Å². The fourth-order valence-corrected chi connectivity index (χ4v) is 4.71. The van der Waals surface area contributed by atoms with E-state index in [1.165, 1.54) is 11.1 Å². The molecule has 2 aliphatic rings. The third-order valence-electron chi connectivity index (χ3n) is 6.38. The second-order valence-corrected chi connectivity index (χ2v) is 8.47. The predicted octanol–water partition coefficient (Wildman–Crippen LogP) is 3.95. The van der Waals surface area contributed by atoms with Crippen LogP contribution in [0, 0.1) is 0 Å². The zero-order valence-corrected chi connectivity index (χ0v) is 17.5. The Morgan fingerprint density at radius 3 is 2.80 bits per heavy atom. The van der Waals surface area contributed by atoms with Gasteiger partial charge in [-0.2, -0.15) is 0 Å². The number of aryl methyl sites for hydroxylation is 1. The van der Waals surface area contributed by atoms with Gasteiger partial charge in [0.1, 0.15) is 11.6 Å². The van der Waals surface area contributed by atoms with Crippen molar-refractivity contribution in [3.05, 3.63) is 69.8 Å². The van der Waals surface area contributed by atoms with Crippen molar-refractivity contribution in [1.82, 2.24) is 14.5 Å². The SMILES string of the molecule is O=c1c2cc(OCCCN3CCc4ccccc4C3)ccc2nc2n1CCCCC2. The Morgan fingerprint density at radius 2 is 1.87 bits per heavy atom. The molecule has 0 spiro atoms. The van der Waals surface area contributed by atoms with Crippen LogP contribution in [0.5, 0.6) is 5.75 Å². The number of nitrogens with zero attached hydrogens (tertiary/aromatic N) is 3. The molecule has 0 bridgehead atoms. The Bertz CT molecular complexity index is 1110. The highest BCUT2D eigenvalue weighted by Gasteiger charge is 2.16.